The molecule has 0 aliphatic rings. The van der Waals surface area contributed by atoms with E-state index in [4.69, 9.17) is 4.74 Å². The van der Waals surface area contributed by atoms with Crippen LogP contribution >= 0.6 is 0 Å². The van der Waals surface area contributed by atoms with Gasteiger partial charge in [-0.15, -0.1) is 4.68 Å². The van der Waals surface area contributed by atoms with Gasteiger partial charge in [0.05, 0.1) is 12.2 Å². The molecule has 0 atom stereocenters. The smallest absolute Gasteiger partial charge is 0.437 e. The van der Waals surface area contributed by atoms with E-state index in [2.05, 4.69) is 4.98 Å². The van der Waals surface area contributed by atoms with E-state index in [1.165, 1.54) is 10.6 Å². The number of ether oxygens (including phenoxy) is 1. The first-order valence-corrected chi connectivity index (χ1v) is 4.86. The van der Waals surface area contributed by atoms with Crippen LogP contribution in [0.5, 0.6) is 0 Å². The third-order valence-corrected chi connectivity index (χ3v) is 1.94. The molecule has 2 rings (SSSR count). The molecule has 0 bridgehead atoms. The number of carbonyl (C=O) groups is 1. The van der Waals surface area contributed by atoms with E-state index in [0.717, 1.165) is 4.68 Å². The van der Waals surface area contributed by atoms with Gasteiger partial charge in [-0.25, -0.2) is 14.3 Å². The minimum absolute atomic E-state index is 0.276. The third-order valence-electron chi connectivity index (χ3n) is 1.94. The highest BCUT2D eigenvalue weighted by Gasteiger charge is 2.15. The van der Waals surface area contributed by atoms with Gasteiger partial charge in [0.25, 0.3) is 5.56 Å². The lowest BCUT2D eigenvalue weighted by atomic mass is 10.5. The molecule has 0 amide bonds. The molecule has 6 heteroatoms. The van der Waals surface area contributed by atoms with Crippen LogP contribution in [0.1, 0.15) is 13.8 Å². The number of hydrogen-bond donors (Lipinski definition) is 0. The molecule has 84 valence electrons. The molecule has 6 nitrogen and oxygen atoms in total. The van der Waals surface area contributed by atoms with Crippen molar-refractivity contribution in [3.05, 3.63) is 34.9 Å². The molecule has 2 aromatic heterocycles. The summed E-state index contributed by atoms with van der Waals surface area (Å²) in [5, 5.41) is 0. The zero-order valence-corrected chi connectivity index (χ0v) is 8.95. The second kappa shape index (κ2) is 3.80. The van der Waals surface area contributed by atoms with E-state index < -0.39 is 11.7 Å². The van der Waals surface area contributed by atoms with Crippen LogP contribution in [-0.2, 0) is 4.74 Å². The molecule has 2 aromatic rings. The van der Waals surface area contributed by atoms with Crippen molar-refractivity contribution in [2.75, 3.05) is 0 Å². The Morgan fingerprint density at radius 2 is 2.25 bits per heavy atom. The minimum atomic E-state index is -0.701. The maximum Gasteiger partial charge on any atom is 0.437 e. The minimum Gasteiger partial charge on any atom is -0.445 e. The lowest BCUT2D eigenvalue weighted by Crippen LogP contribution is -2.29. The number of aromatic nitrogens is 3. The summed E-state index contributed by atoms with van der Waals surface area (Å²) in [6.07, 6.45) is 2.15. The maximum atomic E-state index is 11.6. The summed E-state index contributed by atoms with van der Waals surface area (Å²) in [6, 6.07) is 2.91. The molecule has 0 spiro atoms. The fraction of sp³-hybridized carbons (Fsp3) is 0.300. The van der Waals surface area contributed by atoms with Crippen LogP contribution in [0.25, 0.3) is 5.65 Å². The van der Waals surface area contributed by atoms with Crippen molar-refractivity contribution in [1.29, 1.82) is 0 Å². The first kappa shape index (κ1) is 10.4. The van der Waals surface area contributed by atoms with E-state index in [0.29, 0.717) is 5.65 Å². The van der Waals surface area contributed by atoms with Crippen molar-refractivity contribution in [2.24, 2.45) is 0 Å². The van der Waals surface area contributed by atoms with Crippen molar-refractivity contribution in [3.63, 3.8) is 0 Å². The molecule has 0 aliphatic carbocycles. The van der Waals surface area contributed by atoms with Gasteiger partial charge in [0.2, 0.25) is 0 Å². The Balaban J connectivity index is 2.55. The molecular formula is C10H11N3O3. The van der Waals surface area contributed by atoms with Crippen LogP contribution < -0.4 is 5.56 Å². The molecule has 16 heavy (non-hydrogen) atoms. The largest absolute Gasteiger partial charge is 0.445 e. The van der Waals surface area contributed by atoms with Crippen LogP contribution in [-0.4, -0.2) is 26.4 Å². The first-order chi connectivity index (χ1) is 7.59. The first-order valence-electron chi connectivity index (χ1n) is 4.86. The standard InChI is InChI=1S/C10H11N3O3/c1-7(2)16-10(15)13-9(14)6-8-11-4-3-5-12(8)13/h3-7H,1-2H3. The molecule has 0 fully saturated rings. The Morgan fingerprint density at radius 1 is 1.50 bits per heavy atom. The normalized spacial score (nSPS) is 10.9. The zero-order valence-electron chi connectivity index (χ0n) is 8.95. The molecule has 0 aromatic carbocycles. The van der Waals surface area contributed by atoms with E-state index in [-0.39, 0.29) is 6.10 Å². The van der Waals surface area contributed by atoms with Gasteiger partial charge in [0.1, 0.15) is 0 Å². The summed E-state index contributed by atoms with van der Waals surface area (Å²) in [4.78, 5) is 27.2. The summed E-state index contributed by atoms with van der Waals surface area (Å²) in [6.45, 7) is 3.44. The summed E-state index contributed by atoms with van der Waals surface area (Å²) in [5.41, 5.74) is -0.0439. The van der Waals surface area contributed by atoms with Gasteiger partial charge in [0.15, 0.2) is 5.65 Å². The summed E-state index contributed by atoms with van der Waals surface area (Å²) < 4.78 is 7.22. The number of carbonyl (C=O) groups excluding carboxylic acids is 1. The molecule has 0 radical (unpaired) electrons. The highest BCUT2D eigenvalue weighted by Crippen LogP contribution is 1.98. The lowest BCUT2D eigenvalue weighted by molar-refractivity contribution is 0.112. The van der Waals surface area contributed by atoms with Crippen molar-refractivity contribution >= 4 is 11.7 Å². The average molecular weight is 221 g/mol. The van der Waals surface area contributed by atoms with Gasteiger partial charge in [-0.2, -0.15) is 0 Å². The Kier molecular flexibility index (Phi) is 2.47. The van der Waals surface area contributed by atoms with Gasteiger partial charge in [-0.3, -0.25) is 4.79 Å². The topological polar surface area (TPSA) is 65.6 Å². The third kappa shape index (κ3) is 1.69. The Hall–Kier alpha value is -2.11. The summed E-state index contributed by atoms with van der Waals surface area (Å²) in [7, 11) is 0. The molecule has 0 unspecified atom stereocenters. The van der Waals surface area contributed by atoms with Crippen LogP contribution in [0, 0.1) is 0 Å². The second-order valence-electron chi connectivity index (χ2n) is 3.55. The van der Waals surface area contributed by atoms with Gasteiger partial charge >= 0.3 is 6.09 Å². The zero-order chi connectivity index (χ0) is 11.7. The van der Waals surface area contributed by atoms with E-state index in [1.54, 1.807) is 32.3 Å². The van der Waals surface area contributed by atoms with Crippen LogP contribution in [0.4, 0.5) is 4.79 Å². The van der Waals surface area contributed by atoms with Gasteiger partial charge in [-0.05, 0) is 19.9 Å². The monoisotopic (exact) mass is 221 g/mol. The Morgan fingerprint density at radius 3 is 2.94 bits per heavy atom. The average Bonchev–Trinajstić information content (AvgIpc) is 2.52. The van der Waals surface area contributed by atoms with Gasteiger partial charge in [0, 0.05) is 12.4 Å². The summed E-state index contributed by atoms with van der Waals surface area (Å²) in [5.74, 6) is 0. The lowest BCUT2D eigenvalue weighted by Gasteiger charge is -2.08. The molecule has 0 aliphatic heterocycles. The summed E-state index contributed by atoms with van der Waals surface area (Å²) >= 11 is 0. The predicted molar refractivity (Wildman–Crippen MR) is 56.5 cm³/mol. The van der Waals surface area contributed by atoms with E-state index >= 15 is 0 Å². The van der Waals surface area contributed by atoms with Crippen molar-refractivity contribution in [2.45, 2.75) is 20.0 Å². The van der Waals surface area contributed by atoms with Gasteiger partial charge in [-0.1, -0.05) is 0 Å². The number of rotatable bonds is 1. The predicted octanol–water partition coefficient (Wildman–Crippen LogP) is 0.889. The van der Waals surface area contributed by atoms with E-state index in [9.17, 15) is 9.59 Å². The quantitative estimate of drug-likeness (QED) is 0.717. The Bertz CT molecular complexity index is 582. The molecule has 0 N–H and O–H groups in total. The molecule has 2 heterocycles. The van der Waals surface area contributed by atoms with Crippen LogP contribution in [0.3, 0.4) is 0 Å². The van der Waals surface area contributed by atoms with Crippen LogP contribution in [0.15, 0.2) is 29.3 Å². The molecular weight excluding hydrogens is 210 g/mol. The Labute approximate surface area is 91.1 Å². The van der Waals surface area contributed by atoms with Crippen molar-refractivity contribution in [1.82, 2.24) is 14.2 Å². The fourth-order valence-electron chi connectivity index (χ4n) is 1.35. The number of fused-ring (bicyclic) bond motifs is 1. The van der Waals surface area contributed by atoms with E-state index in [1.807, 2.05) is 0 Å². The second-order valence-corrected chi connectivity index (χ2v) is 3.55. The highest BCUT2D eigenvalue weighted by atomic mass is 16.6. The highest BCUT2D eigenvalue weighted by molar-refractivity contribution is 5.70. The number of hydrogen-bond acceptors (Lipinski definition) is 4. The maximum absolute atomic E-state index is 11.6. The SMILES string of the molecule is CC(C)OC(=O)n1c(=O)cc2ncccn21. The van der Waals surface area contributed by atoms with Gasteiger partial charge < -0.3 is 4.74 Å². The van der Waals surface area contributed by atoms with Crippen molar-refractivity contribution < 1.29 is 9.53 Å². The molecule has 0 saturated carbocycles. The van der Waals surface area contributed by atoms with Crippen molar-refractivity contribution in [3.8, 4) is 0 Å². The van der Waals surface area contributed by atoms with Crippen LogP contribution in [0.2, 0.25) is 0 Å². The number of nitrogens with zero attached hydrogens (tertiary/aromatic N) is 3. The fourth-order valence-corrected chi connectivity index (χ4v) is 1.35. The molecule has 0 saturated heterocycles.